The molecule has 0 spiro atoms. The Morgan fingerprint density at radius 2 is 1.89 bits per heavy atom. The number of likely N-dealkylation sites (tertiary alicyclic amines) is 1. The summed E-state index contributed by atoms with van der Waals surface area (Å²) in [6, 6.07) is 10.5. The van der Waals surface area contributed by atoms with E-state index in [1.165, 1.54) is 31.2 Å². The first-order valence-corrected chi connectivity index (χ1v) is 14.6. The molecule has 2 aliphatic rings. The van der Waals surface area contributed by atoms with Crippen LogP contribution in [-0.2, 0) is 11.2 Å². The Hall–Kier alpha value is -1.93. The van der Waals surface area contributed by atoms with Crippen molar-refractivity contribution in [2.45, 2.75) is 57.4 Å². The van der Waals surface area contributed by atoms with E-state index in [2.05, 4.69) is 33.3 Å². The number of aromatic nitrogens is 2. The van der Waals surface area contributed by atoms with Crippen LogP contribution < -0.4 is 10.2 Å². The van der Waals surface area contributed by atoms with Crippen molar-refractivity contribution in [2.24, 2.45) is 0 Å². The van der Waals surface area contributed by atoms with Gasteiger partial charge in [0.2, 0.25) is 5.91 Å². The minimum Gasteiger partial charge on any atom is -0.357 e. The van der Waals surface area contributed by atoms with Gasteiger partial charge in [0.15, 0.2) is 0 Å². The number of hydrogen-bond acceptors (Lipinski definition) is 6. The Morgan fingerprint density at radius 1 is 1.03 bits per heavy atom. The van der Waals surface area contributed by atoms with Crippen LogP contribution in [0.1, 0.15) is 61.6 Å². The summed E-state index contributed by atoms with van der Waals surface area (Å²) in [6.07, 6.45) is 8.11. The van der Waals surface area contributed by atoms with Gasteiger partial charge in [-0.05, 0) is 74.9 Å². The summed E-state index contributed by atoms with van der Waals surface area (Å²) in [4.78, 5) is 27.8. The van der Waals surface area contributed by atoms with Crippen LogP contribution in [0.15, 0.2) is 30.3 Å². The maximum Gasteiger partial charge on any atom is 0.220 e. The second kappa shape index (κ2) is 12.1. The molecule has 2 aromatic heterocycles. The van der Waals surface area contributed by atoms with Gasteiger partial charge >= 0.3 is 0 Å². The van der Waals surface area contributed by atoms with Crippen LogP contribution in [-0.4, -0.2) is 53.5 Å². The zero-order valence-electron chi connectivity index (χ0n) is 20.5. The zero-order chi connectivity index (χ0) is 24.9. The van der Waals surface area contributed by atoms with Crippen molar-refractivity contribution in [3.63, 3.8) is 0 Å². The maximum atomic E-state index is 12.4. The molecule has 2 fully saturated rings. The van der Waals surface area contributed by atoms with Crippen LogP contribution in [0.2, 0.25) is 10.0 Å². The molecule has 36 heavy (non-hydrogen) atoms. The number of benzene rings is 1. The van der Waals surface area contributed by atoms with Crippen molar-refractivity contribution in [3.8, 4) is 0 Å². The molecule has 5 rings (SSSR count). The molecule has 1 amide bonds. The number of pyridine rings is 1. The van der Waals surface area contributed by atoms with Gasteiger partial charge in [0.25, 0.3) is 0 Å². The number of anilines is 1. The largest absolute Gasteiger partial charge is 0.357 e. The summed E-state index contributed by atoms with van der Waals surface area (Å²) in [5, 5.41) is 5.27. The molecule has 1 N–H and O–H groups in total. The lowest BCUT2D eigenvalue weighted by Gasteiger charge is -2.27. The summed E-state index contributed by atoms with van der Waals surface area (Å²) in [5.74, 6) is 1.13. The van der Waals surface area contributed by atoms with Crippen molar-refractivity contribution in [1.82, 2.24) is 20.2 Å². The van der Waals surface area contributed by atoms with Crippen molar-refractivity contribution in [2.75, 3.05) is 37.6 Å². The number of hydrogen-bond donors (Lipinski definition) is 1. The quantitative estimate of drug-likeness (QED) is 0.321. The van der Waals surface area contributed by atoms with Crippen LogP contribution in [0.5, 0.6) is 0 Å². The molecule has 0 saturated carbocycles. The number of nitrogens with zero attached hydrogens (tertiary/aromatic N) is 4. The van der Waals surface area contributed by atoms with Crippen molar-refractivity contribution in [3.05, 3.63) is 50.9 Å². The fourth-order valence-corrected chi connectivity index (χ4v) is 6.50. The first-order valence-electron chi connectivity index (χ1n) is 13.0. The number of rotatable bonds is 9. The maximum absolute atomic E-state index is 12.4. The lowest BCUT2D eigenvalue weighted by molar-refractivity contribution is -0.121. The van der Waals surface area contributed by atoms with Crippen LogP contribution in [0, 0.1) is 0 Å². The molecule has 1 aromatic carbocycles. The van der Waals surface area contributed by atoms with Gasteiger partial charge in [-0.3, -0.25) is 9.69 Å². The Bertz CT molecular complexity index is 1200. The van der Waals surface area contributed by atoms with Crippen LogP contribution >= 0.6 is 34.5 Å². The molecular weight excluding hydrogens is 513 g/mol. The summed E-state index contributed by atoms with van der Waals surface area (Å²) < 4.78 is 0. The van der Waals surface area contributed by atoms with Crippen LogP contribution in [0.25, 0.3) is 10.3 Å². The van der Waals surface area contributed by atoms with E-state index >= 15 is 0 Å². The smallest absolute Gasteiger partial charge is 0.220 e. The van der Waals surface area contributed by atoms with E-state index in [9.17, 15) is 4.79 Å². The number of nitrogens with one attached hydrogen (secondary N) is 1. The Labute approximate surface area is 227 Å². The monoisotopic (exact) mass is 545 g/mol. The zero-order valence-corrected chi connectivity index (χ0v) is 22.8. The van der Waals surface area contributed by atoms with Gasteiger partial charge in [0, 0.05) is 45.1 Å². The number of carbonyl (C=O) groups excluding carboxylic acids is 1. The van der Waals surface area contributed by atoms with Gasteiger partial charge in [0.1, 0.15) is 16.2 Å². The van der Waals surface area contributed by atoms with Gasteiger partial charge in [-0.15, -0.1) is 0 Å². The van der Waals surface area contributed by atoms with Crippen molar-refractivity contribution < 1.29 is 4.79 Å². The highest BCUT2D eigenvalue weighted by Gasteiger charge is 2.26. The highest BCUT2D eigenvalue weighted by Crippen LogP contribution is 2.35. The van der Waals surface area contributed by atoms with Gasteiger partial charge in [-0.2, -0.15) is 0 Å². The molecule has 0 radical (unpaired) electrons. The molecule has 1 atom stereocenters. The standard InChI is InChI=1S/C27H33Cl2N5OS/c28-20-8-7-19(18-21(20)29)23-6-4-16-33(23)17-5-13-30-25(35)11-12-26-31-22-9-10-24(32-27(22)36-26)34-14-2-1-3-15-34/h7-10,18,23H,1-6,11-17H2,(H,30,35). The summed E-state index contributed by atoms with van der Waals surface area (Å²) >= 11 is 13.9. The summed E-state index contributed by atoms with van der Waals surface area (Å²) in [6.45, 7) is 4.87. The fourth-order valence-electron chi connectivity index (χ4n) is 5.27. The molecular formula is C27H33Cl2N5OS. The van der Waals surface area contributed by atoms with Crippen LogP contribution in [0.4, 0.5) is 5.82 Å². The molecule has 192 valence electrons. The first-order chi connectivity index (χ1) is 17.6. The van der Waals surface area contributed by atoms with E-state index in [0.29, 0.717) is 35.5 Å². The lowest BCUT2D eigenvalue weighted by Crippen LogP contribution is -2.30. The lowest BCUT2D eigenvalue weighted by atomic mass is 10.0. The fraction of sp³-hybridized carbons (Fsp3) is 0.519. The van der Waals surface area contributed by atoms with Crippen molar-refractivity contribution >= 4 is 56.6 Å². The van der Waals surface area contributed by atoms with Crippen LogP contribution in [0.3, 0.4) is 0 Å². The average Bonchev–Trinajstić information content (AvgIpc) is 3.54. The second-order valence-corrected chi connectivity index (χ2v) is 11.6. The minimum absolute atomic E-state index is 0.0821. The van der Waals surface area contributed by atoms with Gasteiger partial charge in [0.05, 0.1) is 15.1 Å². The normalized spacial score (nSPS) is 18.7. The van der Waals surface area contributed by atoms with Gasteiger partial charge in [-0.25, -0.2) is 9.97 Å². The number of halogens is 2. The summed E-state index contributed by atoms with van der Waals surface area (Å²) in [7, 11) is 0. The third-order valence-electron chi connectivity index (χ3n) is 7.17. The number of thiazole rings is 1. The highest BCUT2D eigenvalue weighted by atomic mass is 35.5. The Morgan fingerprint density at radius 3 is 2.72 bits per heavy atom. The van der Waals surface area contributed by atoms with Gasteiger partial charge < -0.3 is 10.2 Å². The summed E-state index contributed by atoms with van der Waals surface area (Å²) in [5.41, 5.74) is 2.15. The van der Waals surface area contributed by atoms with E-state index in [1.54, 1.807) is 11.3 Å². The first kappa shape index (κ1) is 25.7. The molecule has 9 heteroatoms. The second-order valence-electron chi connectivity index (χ2n) is 9.72. The molecule has 2 aliphatic heterocycles. The third-order valence-corrected chi connectivity index (χ3v) is 8.93. The number of fused-ring (bicyclic) bond motifs is 1. The molecule has 6 nitrogen and oxygen atoms in total. The molecule has 0 aliphatic carbocycles. The molecule has 3 aromatic rings. The van der Waals surface area contributed by atoms with E-state index in [0.717, 1.165) is 60.2 Å². The predicted octanol–water partition coefficient (Wildman–Crippen LogP) is 6.26. The Kier molecular flexibility index (Phi) is 8.62. The Balaban J connectivity index is 1.05. The highest BCUT2D eigenvalue weighted by molar-refractivity contribution is 7.18. The number of carbonyl (C=O) groups is 1. The van der Waals surface area contributed by atoms with E-state index < -0.39 is 0 Å². The molecule has 2 saturated heterocycles. The topological polar surface area (TPSA) is 61.4 Å². The number of amides is 1. The van der Waals surface area contributed by atoms with E-state index in [4.69, 9.17) is 33.2 Å². The minimum atomic E-state index is 0.0821. The molecule has 1 unspecified atom stereocenters. The van der Waals surface area contributed by atoms with E-state index in [-0.39, 0.29) is 5.91 Å². The van der Waals surface area contributed by atoms with E-state index in [1.807, 2.05) is 12.1 Å². The molecule has 0 bridgehead atoms. The number of aryl methyl sites for hydroxylation is 1. The average molecular weight is 547 g/mol. The number of piperidine rings is 1. The molecule has 4 heterocycles. The third kappa shape index (κ3) is 6.31. The SMILES string of the molecule is O=C(CCc1nc2ccc(N3CCCCC3)nc2s1)NCCCN1CCCC1c1ccc(Cl)c(Cl)c1. The predicted molar refractivity (Wildman–Crippen MR) is 149 cm³/mol. The van der Waals surface area contributed by atoms with Crippen molar-refractivity contribution in [1.29, 1.82) is 0 Å². The van der Waals surface area contributed by atoms with Gasteiger partial charge in [-0.1, -0.05) is 40.6 Å².